The third kappa shape index (κ3) is 2.16. The van der Waals surface area contributed by atoms with Crippen LogP contribution in [0.3, 0.4) is 0 Å². The average molecular weight is 124 g/mol. The molecule has 0 saturated heterocycles. The van der Waals surface area contributed by atoms with Crippen molar-refractivity contribution in [2.75, 3.05) is 0 Å². The zero-order chi connectivity index (χ0) is 5.11. The predicted octanol–water partition coefficient (Wildman–Crippen LogP) is 0.0634. The van der Waals surface area contributed by atoms with Gasteiger partial charge in [0.05, 0.1) is 0 Å². The SMILES string of the molecule is O=COC1CCC1.[NaH]. The fourth-order valence-electron chi connectivity index (χ4n) is 0.585. The zero-order valence-electron chi connectivity index (χ0n) is 4.09. The van der Waals surface area contributed by atoms with Crippen LogP contribution in [0.25, 0.3) is 0 Å². The molecular formula is C5H9NaO2. The first-order valence-corrected chi connectivity index (χ1v) is 2.52. The first-order chi connectivity index (χ1) is 3.43. The van der Waals surface area contributed by atoms with Gasteiger partial charge in [-0.25, -0.2) is 0 Å². The maximum absolute atomic E-state index is 9.59. The summed E-state index contributed by atoms with van der Waals surface area (Å²) in [6.07, 6.45) is 3.62. The summed E-state index contributed by atoms with van der Waals surface area (Å²) in [6, 6.07) is 0. The Hall–Kier alpha value is 0.470. The molecule has 1 rings (SSSR count). The van der Waals surface area contributed by atoms with Gasteiger partial charge in [-0.15, -0.1) is 0 Å². The van der Waals surface area contributed by atoms with Crippen LogP contribution in [0.15, 0.2) is 0 Å². The van der Waals surface area contributed by atoms with Crippen LogP contribution < -0.4 is 0 Å². The van der Waals surface area contributed by atoms with E-state index < -0.39 is 0 Å². The van der Waals surface area contributed by atoms with Crippen molar-refractivity contribution < 1.29 is 9.53 Å². The van der Waals surface area contributed by atoms with Crippen molar-refractivity contribution >= 4 is 36.0 Å². The first-order valence-electron chi connectivity index (χ1n) is 2.52. The molecule has 0 N–H and O–H groups in total. The molecule has 3 heteroatoms. The summed E-state index contributed by atoms with van der Waals surface area (Å²) in [5, 5.41) is 0. The van der Waals surface area contributed by atoms with Crippen LogP contribution in [0.2, 0.25) is 0 Å². The van der Waals surface area contributed by atoms with E-state index in [0.29, 0.717) is 6.47 Å². The molecule has 0 heterocycles. The van der Waals surface area contributed by atoms with Crippen LogP contribution in [-0.4, -0.2) is 42.1 Å². The average Bonchev–Trinajstić information content (AvgIpc) is 1.55. The van der Waals surface area contributed by atoms with Gasteiger partial charge >= 0.3 is 29.6 Å². The molecular weight excluding hydrogens is 115 g/mol. The molecule has 0 amide bonds. The Bertz CT molecular complexity index is 70.8. The minimum atomic E-state index is 0. The summed E-state index contributed by atoms with van der Waals surface area (Å²) >= 11 is 0. The summed E-state index contributed by atoms with van der Waals surface area (Å²) in [5.74, 6) is 0. The van der Waals surface area contributed by atoms with Gasteiger partial charge in [0, 0.05) is 0 Å². The summed E-state index contributed by atoms with van der Waals surface area (Å²) in [4.78, 5) is 9.59. The molecule has 42 valence electrons. The number of rotatable bonds is 2. The molecule has 1 saturated carbocycles. The van der Waals surface area contributed by atoms with Crippen molar-refractivity contribution in [3.05, 3.63) is 0 Å². The fraction of sp³-hybridized carbons (Fsp3) is 0.800. The Balaban J connectivity index is 0.000000490. The molecule has 2 nitrogen and oxygen atoms in total. The Morgan fingerprint density at radius 2 is 2.12 bits per heavy atom. The molecule has 0 aromatic rings. The van der Waals surface area contributed by atoms with Crippen molar-refractivity contribution in [1.82, 2.24) is 0 Å². The van der Waals surface area contributed by atoms with E-state index in [4.69, 9.17) is 0 Å². The quantitative estimate of drug-likeness (QED) is 0.384. The Morgan fingerprint density at radius 3 is 2.25 bits per heavy atom. The van der Waals surface area contributed by atoms with E-state index in [2.05, 4.69) is 4.74 Å². The van der Waals surface area contributed by atoms with Gasteiger partial charge in [0.15, 0.2) is 0 Å². The summed E-state index contributed by atoms with van der Waals surface area (Å²) in [5.41, 5.74) is 0. The third-order valence-electron chi connectivity index (χ3n) is 1.30. The summed E-state index contributed by atoms with van der Waals surface area (Å²) in [6.45, 7) is 0.532. The topological polar surface area (TPSA) is 26.3 Å². The monoisotopic (exact) mass is 124 g/mol. The molecule has 0 aliphatic heterocycles. The molecule has 0 aromatic carbocycles. The van der Waals surface area contributed by atoms with Crippen LogP contribution in [0, 0.1) is 0 Å². The van der Waals surface area contributed by atoms with Gasteiger partial charge in [0.25, 0.3) is 6.47 Å². The van der Waals surface area contributed by atoms with Gasteiger partial charge in [-0.1, -0.05) is 0 Å². The van der Waals surface area contributed by atoms with Gasteiger partial charge in [-0.3, -0.25) is 4.79 Å². The van der Waals surface area contributed by atoms with Crippen LogP contribution in [-0.2, 0) is 9.53 Å². The van der Waals surface area contributed by atoms with E-state index in [9.17, 15) is 4.79 Å². The van der Waals surface area contributed by atoms with E-state index in [1.165, 1.54) is 6.42 Å². The van der Waals surface area contributed by atoms with Gasteiger partial charge in [-0.2, -0.15) is 0 Å². The van der Waals surface area contributed by atoms with Crippen molar-refractivity contribution in [2.24, 2.45) is 0 Å². The molecule has 0 bridgehead atoms. The summed E-state index contributed by atoms with van der Waals surface area (Å²) in [7, 11) is 0. The number of ether oxygens (including phenoxy) is 1. The second-order valence-electron chi connectivity index (χ2n) is 1.79. The van der Waals surface area contributed by atoms with E-state index in [1.807, 2.05) is 0 Å². The summed E-state index contributed by atoms with van der Waals surface area (Å²) < 4.78 is 4.60. The second-order valence-corrected chi connectivity index (χ2v) is 1.79. The Labute approximate surface area is 70.9 Å². The minimum absolute atomic E-state index is 0. The molecule has 1 aliphatic rings. The number of carbonyl (C=O) groups is 1. The molecule has 0 radical (unpaired) electrons. The number of hydrogen-bond donors (Lipinski definition) is 0. The van der Waals surface area contributed by atoms with E-state index >= 15 is 0 Å². The fourth-order valence-corrected chi connectivity index (χ4v) is 0.585. The molecule has 0 spiro atoms. The zero-order valence-corrected chi connectivity index (χ0v) is 4.09. The second kappa shape index (κ2) is 4.36. The van der Waals surface area contributed by atoms with Crippen molar-refractivity contribution in [3.63, 3.8) is 0 Å². The van der Waals surface area contributed by atoms with Crippen LogP contribution in [0.5, 0.6) is 0 Å². The van der Waals surface area contributed by atoms with Crippen LogP contribution >= 0.6 is 0 Å². The standard InChI is InChI=1S/C5H8O2.Na.H/c6-4-7-5-2-1-3-5;;/h4-5H,1-3H2;;. The normalized spacial score (nSPS) is 18.0. The van der Waals surface area contributed by atoms with Crippen molar-refractivity contribution in [3.8, 4) is 0 Å². The van der Waals surface area contributed by atoms with Gasteiger partial charge in [-0.05, 0) is 19.3 Å². The van der Waals surface area contributed by atoms with E-state index in [-0.39, 0.29) is 35.7 Å². The molecule has 8 heavy (non-hydrogen) atoms. The molecule has 1 aliphatic carbocycles. The predicted molar refractivity (Wildman–Crippen MR) is 31.9 cm³/mol. The molecule has 0 unspecified atom stereocenters. The van der Waals surface area contributed by atoms with Gasteiger partial charge in [0.1, 0.15) is 6.10 Å². The van der Waals surface area contributed by atoms with E-state index in [1.54, 1.807) is 0 Å². The van der Waals surface area contributed by atoms with Gasteiger partial charge < -0.3 is 4.74 Å². The van der Waals surface area contributed by atoms with Crippen LogP contribution in [0.4, 0.5) is 0 Å². The van der Waals surface area contributed by atoms with Crippen molar-refractivity contribution in [2.45, 2.75) is 25.4 Å². The maximum atomic E-state index is 9.59. The van der Waals surface area contributed by atoms with Crippen molar-refractivity contribution in [1.29, 1.82) is 0 Å². The molecule has 0 atom stereocenters. The number of hydrogen-bond acceptors (Lipinski definition) is 2. The Kier molecular flexibility index (Phi) is 4.61. The van der Waals surface area contributed by atoms with Crippen LogP contribution in [0.1, 0.15) is 19.3 Å². The van der Waals surface area contributed by atoms with Gasteiger partial charge in [0.2, 0.25) is 0 Å². The van der Waals surface area contributed by atoms with E-state index in [0.717, 1.165) is 12.8 Å². The number of carbonyl (C=O) groups excluding carboxylic acids is 1. The molecule has 0 aromatic heterocycles. The first kappa shape index (κ1) is 8.47. The third-order valence-corrected chi connectivity index (χ3v) is 1.30. The molecule has 1 fully saturated rings. The Morgan fingerprint density at radius 1 is 1.50 bits per heavy atom.